The van der Waals surface area contributed by atoms with E-state index in [0.29, 0.717) is 27.9 Å². The second-order valence-electron chi connectivity index (χ2n) is 7.12. The van der Waals surface area contributed by atoms with E-state index < -0.39 is 17.9 Å². The van der Waals surface area contributed by atoms with Crippen molar-refractivity contribution in [3.8, 4) is 11.3 Å². The number of esters is 2. The van der Waals surface area contributed by atoms with Gasteiger partial charge in [0.1, 0.15) is 24.7 Å². The SMILES string of the molecule is C=CCOC(=O)C1=C(C)NC(C)=C(C(=O)OCC=C)C1c1ccc(-c2ccc(Cl)cc2)o1. The lowest BCUT2D eigenvalue weighted by Gasteiger charge is -2.29. The molecule has 2 heterocycles. The van der Waals surface area contributed by atoms with E-state index in [9.17, 15) is 9.59 Å². The monoisotopic (exact) mass is 453 g/mol. The van der Waals surface area contributed by atoms with Gasteiger partial charge in [0, 0.05) is 22.0 Å². The average Bonchev–Trinajstić information content (AvgIpc) is 3.25. The first-order valence-corrected chi connectivity index (χ1v) is 10.4. The standard InChI is InChI=1S/C25H24ClNO5/c1-5-13-30-24(28)21-15(3)27-16(4)22(25(29)31-14-6-2)23(21)20-12-11-19(32-20)17-7-9-18(26)10-8-17/h5-12,23,27H,1-2,13-14H2,3-4H3. The van der Waals surface area contributed by atoms with Gasteiger partial charge < -0.3 is 19.2 Å². The zero-order valence-corrected chi connectivity index (χ0v) is 18.7. The Bertz CT molecular complexity index is 1060. The van der Waals surface area contributed by atoms with Crippen molar-refractivity contribution in [3.05, 3.63) is 95.0 Å². The fraction of sp³-hybridized carbons (Fsp3) is 0.200. The second-order valence-corrected chi connectivity index (χ2v) is 7.55. The van der Waals surface area contributed by atoms with Crippen LogP contribution in [-0.4, -0.2) is 25.2 Å². The molecule has 3 rings (SSSR count). The van der Waals surface area contributed by atoms with Crippen LogP contribution in [0.3, 0.4) is 0 Å². The quantitative estimate of drug-likeness (QED) is 0.432. The Kier molecular flexibility index (Phi) is 7.38. The van der Waals surface area contributed by atoms with E-state index in [0.717, 1.165) is 5.56 Å². The molecule has 7 heteroatoms. The molecule has 1 aromatic carbocycles. The molecule has 32 heavy (non-hydrogen) atoms. The van der Waals surface area contributed by atoms with Crippen LogP contribution in [0.2, 0.25) is 5.02 Å². The second kappa shape index (κ2) is 10.2. The van der Waals surface area contributed by atoms with Gasteiger partial charge in [0.25, 0.3) is 0 Å². The minimum Gasteiger partial charge on any atom is -0.460 e. The van der Waals surface area contributed by atoms with Crippen molar-refractivity contribution in [2.45, 2.75) is 19.8 Å². The van der Waals surface area contributed by atoms with Crippen molar-refractivity contribution in [3.63, 3.8) is 0 Å². The third-order valence-electron chi connectivity index (χ3n) is 4.90. The average molecular weight is 454 g/mol. The zero-order valence-electron chi connectivity index (χ0n) is 17.9. The van der Waals surface area contributed by atoms with Crippen LogP contribution in [-0.2, 0) is 19.1 Å². The molecule has 6 nitrogen and oxygen atoms in total. The number of rotatable bonds is 8. The van der Waals surface area contributed by atoms with Gasteiger partial charge >= 0.3 is 11.9 Å². The number of furan rings is 1. The lowest BCUT2D eigenvalue weighted by molar-refractivity contribution is -0.139. The first-order chi connectivity index (χ1) is 15.4. The van der Waals surface area contributed by atoms with E-state index >= 15 is 0 Å². The smallest absolute Gasteiger partial charge is 0.337 e. The lowest BCUT2D eigenvalue weighted by atomic mass is 9.83. The number of benzene rings is 1. The molecule has 0 radical (unpaired) electrons. The van der Waals surface area contributed by atoms with Crippen molar-refractivity contribution >= 4 is 23.5 Å². The zero-order chi connectivity index (χ0) is 23.3. The number of hydrogen-bond acceptors (Lipinski definition) is 6. The van der Waals surface area contributed by atoms with Crippen LogP contribution in [0, 0.1) is 0 Å². The lowest BCUT2D eigenvalue weighted by Crippen LogP contribution is -2.32. The van der Waals surface area contributed by atoms with Gasteiger partial charge in [0.05, 0.1) is 17.1 Å². The fourth-order valence-electron chi connectivity index (χ4n) is 3.52. The highest BCUT2D eigenvalue weighted by molar-refractivity contribution is 6.30. The van der Waals surface area contributed by atoms with Crippen molar-refractivity contribution in [1.82, 2.24) is 5.32 Å². The van der Waals surface area contributed by atoms with Crippen LogP contribution >= 0.6 is 11.6 Å². The van der Waals surface area contributed by atoms with Gasteiger partial charge in [-0.05, 0) is 50.2 Å². The largest absolute Gasteiger partial charge is 0.460 e. The summed E-state index contributed by atoms with van der Waals surface area (Å²) >= 11 is 5.98. The number of carbonyl (C=O) groups excluding carboxylic acids is 2. The van der Waals surface area contributed by atoms with Gasteiger partial charge in [0.2, 0.25) is 0 Å². The van der Waals surface area contributed by atoms with Crippen LogP contribution in [0.25, 0.3) is 11.3 Å². The topological polar surface area (TPSA) is 77.8 Å². The molecule has 1 aliphatic rings. The summed E-state index contributed by atoms with van der Waals surface area (Å²) in [6.45, 7) is 10.7. The Balaban J connectivity index is 2.09. The molecule has 0 unspecified atom stereocenters. The number of nitrogens with one attached hydrogen (secondary N) is 1. The van der Waals surface area contributed by atoms with E-state index in [4.69, 9.17) is 25.5 Å². The third-order valence-corrected chi connectivity index (χ3v) is 5.16. The molecule has 1 aliphatic heterocycles. The highest BCUT2D eigenvalue weighted by Crippen LogP contribution is 2.41. The van der Waals surface area contributed by atoms with Crippen LogP contribution in [0.4, 0.5) is 0 Å². The maximum atomic E-state index is 12.9. The molecule has 1 aromatic heterocycles. The maximum absolute atomic E-state index is 12.9. The van der Waals surface area contributed by atoms with Gasteiger partial charge in [0.15, 0.2) is 0 Å². The highest BCUT2D eigenvalue weighted by Gasteiger charge is 2.39. The molecule has 0 amide bonds. The Morgan fingerprint density at radius 2 is 1.50 bits per heavy atom. The van der Waals surface area contributed by atoms with E-state index in [1.54, 1.807) is 38.1 Å². The minimum atomic E-state index is -0.813. The van der Waals surface area contributed by atoms with Crippen molar-refractivity contribution in [2.24, 2.45) is 0 Å². The van der Waals surface area contributed by atoms with E-state index in [1.165, 1.54) is 12.2 Å². The van der Waals surface area contributed by atoms with E-state index in [2.05, 4.69) is 18.5 Å². The first kappa shape index (κ1) is 23.2. The number of allylic oxidation sites excluding steroid dienone is 2. The maximum Gasteiger partial charge on any atom is 0.337 e. The van der Waals surface area contributed by atoms with Gasteiger partial charge in [-0.1, -0.05) is 36.9 Å². The fourth-order valence-corrected chi connectivity index (χ4v) is 3.65. The summed E-state index contributed by atoms with van der Waals surface area (Å²) in [5.74, 6) is -0.988. The number of carbonyl (C=O) groups is 2. The highest BCUT2D eigenvalue weighted by atomic mass is 35.5. The molecular weight excluding hydrogens is 430 g/mol. The molecule has 166 valence electrons. The summed E-state index contributed by atoms with van der Waals surface area (Å²) in [4.78, 5) is 25.9. The van der Waals surface area contributed by atoms with Crippen molar-refractivity contribution in [2.75, 3.05) is 13.2 Å². The molecule has 1 N–H and O–H groups in total. The molecular formula is C25H24ClNO5. The number of hydrogen-bond donors (Lipinski definition) is 1. The van der Waals surface area contributed by atoms with Gasteiger partial charge in [-0.15, -0.1) is 0 Å². The molecule has 0 atom stereocenters. The third kappa shape index (κ3) is 4.86. The summed E-state index contributed by atoms with van der Waals surface area (Å²) in [5.41, 5.74) is 2.46. The predicted octanol–water partition coefficient (Wildman–Crippen LogP) is 5.29. The summed E-state index contributed by atoms with van der Waals surface area (Å²) in [5, 5.41) is 3.70. The van der Waals surface area contributed by atoms with Crippen LogP contribution in [0.5, 0.6) is 0 Å². The summed E-state index contributed by atoms with van der Waals surface area (Å²) in [7, 11) is 0. The number of dihydropyridines is 1. The number of halogens is 1. The van der Waals surface area contributed by atoms with Gasteiger partial charge in [-0.2, -0.15) is 0 Å². The summed E-state index contributed by atoms with van der Waals surface area (Å²) in [6.07, 6.45) is 2.95. The Morgan fingerprint density at radius 1 is 0.969 bits per heavy atom. The molecule has 0 spiro atoms. The normalized spacial score (nSPS) is 14.1. The molecule has 0 fully saturated rings. The van der Waals surface area contributed by atoms with Crippen LogP contribution in [0.15, 0.2) is 88.7 Å². The first-order valence-electron chi connectivity index (χ1n) is 9.97. The molecule has 2 aromatic rings. The minimum absolute atomic E-state index is 0.0372. The number of ether oxygens (including phenoxy) is 2. The predicted molar refractivity (Wildman–Crippen MR) is 123 cm³/mol. The molecule has 0 aliphatic carbocycles. The summed E-state index contributed by atoms with van der Waals surface area (Å²) in [6, 6.07) is 10.7. The van der Waals surface area contributed by atoms with Crippen LogP contribution < -0.4 is 5.32 Å². The Hall–Kier alpha value is -3.51. The van der Waals surface area contributed by atoms with Crippen molar-refractivity contribution in [1.29, 1.82) is 0 Å². The van der Waals surface area contributed by atoms with Crippen molar-refractivity contribution < 1.29 is 23.5 Å². The summed E-state index contributed by atoms with van der Waals surface area (Å²) < 4.78 is 16.7. The van der Waals surface area contributed by atoms with Gasteiger partial charge in [-0.3, -0.25) is 0 Å². The van der Waals surface area contributed by atoms with Gasteiger partial charge in [-0.25, -0.2) is 9.59 Å². The van der Waals surface area contributed by atoms with E-state index in [1.807, 2.05) is 12.1 Å². The Labute approximate surface area is 191 Å². The van der Waals surface area contributed by atoms with Crippen LogP contribution in [0.1, 0.15) is 25.5 Å². The molecule has 0 saturated heterocycles. The van der Waals surface area contributed by atoms with E-state index in [-0.39, 0.29) is 24.4 Å². The molecule has 0 bridgehead atoms. The molecule has 0 saturated carbocycles. The Morgan fingerprint density at radius 3 is 2.00 bits per heavy atom.